The van der Waals surface area contributed by atoms with Crippen molar-refractivity contribution >= 4 is 17.3 Å². The van der Waals surface area contributed by atoms with Crippen molar-refractivity contribution in [1.82, 2.24) is 4.90 Å². The minimum Gasteiger partial charge on any atom is -0.480 e. The van der Waals surface area contributed by atoms with Crippen molar-refractivity contribution in [2.75, 3.05) is 6.54 Å². The highest BCUT2D eigenvalue weighted by molar-refractivity contribution is 7.07. The Labute approximate surface area is 106 Å². The highest BCUT2D eigenvalue weighted by atomic mass is 32.1. The van der Waals surface area contributed by atoms with Crippen LogP contribution in [-0.2, 0) is 4.79 Å². The highest BCUT2D eigenvalue weighted by Crippen LogP contribution is 2.32. The summed E-state index contributed by atoms with van der Waals surface area (Å²) >= 11 is 1.68. The average molecular weight is 253 g/mol. The van der Waals surface area contributed by atoms with Crippen LogP contribution in [0.3, 0.4) is 0 Å². The molecule has 94 valence electrons. The van der Waals surface area contributed by atoms with Gasteiger partial charge >= 0.3 is 5.97 Å². The Hall–Kier alpha value is -0.870. The van der Waals surface area contributed by atoms with Gasteiger partial charge in [-0.25, -0.2) is 0 Å². The molecule has 0 saturated carbocycles. The lowest BCUT2D eigenvalue weighted by Gasteiger charge is -2.38. The lowest BCUT2D eigenvalue weighted by atomic mass is 9.96. The second-order valence-corrected chi connectivity index (χ2v) is 5.35. The maximum absolute atomic E-state index is 11.3. The largest absolute Gasteiger partial charge is 0.480 e. The van der Waals surface area contributed by atoms with E-state index in [4.69, 9.17) is 0 Å². The summed E-state index contributed by atoms with van der Waals surface area (Å²) < 4.78 is 0. The number of likely N-dealkylation sites (tertiary alicyclic amines) is 1. The maximum Gasteiger partial charge on any atom is 0.320 e. The third-order valence-electron chi connectivity index (χ3n) is 3.54. The summed E-state index contributed by atoms with van der Waals surface area (Å²) in [5.41, 5.74) is 1.27. The predicted molar refractivity (Wildman–Crippen MR) is 69.3 cm³/mol. The molecule has 3 nitrogen and oxygen atoms in total. The van der Waals surface area contributed by atoms with Crippen LogP contribution >= 0.6 is 11.3 Å². The van der Waals surface area contributed by atoms with Gasteiger partial charge in [0.1, 0.15) is 6.04 Å². The fourth-order valence-corrected chi connectivity index (χ4v) is 3.43. The summed E-state index contributed by atoms with van der Waals surface area (Å²) in [5, 5.41) is 13.5. The Morgan fingerprint density at radius 2 is 2.47 bits per heavy atom. The van der Waals surface area contributed by atoms with E-state index in [0.29, 0.717) is 0 Å². The van der Waals surface area contributed by atoms with Crippen LogP contribution in [0.15, 0.2) is 16.8 Å². The van der Waals surface area contributed by atoms with E-state index < -0.39 is 5.97 Å². The topological polar surface area (TPSA) is 40.5 Å². The second kappa shape index (κ2) is 5.65. The van der Waals surface area contributed by atoms with Gasteiger partial charge < -0.3 is 5.11 Å². The Balaban J connectivity index is 2.19. The van der Waals surface area contributed by atoms with Gasteiger partial charge in [0.15, 0.2) is 0 Å². The van der Waals surface area contributed by atoms with Crippen LogP contribution in [0.2, 0.25) is 0 Å². The van der Waals surface area contributed by atoms with E-state index in [1.165, 1.54) is 5.56 Å². The monoisotopic (exact) mass is 253 g/mol. The fraction of sp³-hybridized carbons (Fsp3) is 0.615. The normalized spacial score (nSPS) is 23.5. The summed E-state index contributed by atoms with van der Waals surface area (Å²) in [4.78, 5) is 13.5. The number of carboxylic acids is 1. The third-order valence-corrected chi connectivity index (χ3v) is 4.25. The van der Waals surface area contributed by atoms with Crippen molar-refractivity contribution in [1.29, 1.82) is 0 Å². The number of hydrogen-bond acceptors (Lipinski definition) is 3. The number of thiophene rings is 1. The zero-order chi connectivity index (χ0) is 12.3. The zero-order valence-electron chi connectivity index (χ0n) is 10.1. The number of nitrogens with zero attached hydrogens (tertiary/aromatic N) is 1. The first-order valence-electron chi connectivity index (χ1n) is 6.24. The highest BCUT2D eigenvalue weighted by Gasteiger charge is 2.33. The van der Waals surface area contributed by atoms with Crippen LogP contribution in [-0.4, -0.2) is 28.6 Å². The molecule has 0 spiro atoms. The summed E-state index contributed by atoms with van der Waals surface area (Å²) in [6.45, 7) is 3.04. The zero-order valence-corrected chi connectivity index (χ0v) is 10.9. The minimum absolute atomic E-state index is 0.266. The Morgan fingerprint density at radius 3 is 3.06 bits per heavy atom. The molecule has 17 heavy (non-hydrogen) atoms. The molecule has 4 heteroatoms. The third kappa shape index (κ3) is 2.69. The van der Waals surface area contributed by atoms with Crippen molar-refractivity contribution in [3.05, 3.63) is 22.4 Å². The van der Waals surface area contributed by atoms with Gasteiger partial charge in [-0.2, -0.15) is 11.3 Å². The molecule has 0 aliphatic carbocycles. The summed E-state index contributed by atoms with van der Waals surface area (Å²) in [7, 11) is 0. The van der Waals surface area contributed by atoms with Gasteiger partial charge in [-0.3, -0.25) is 9.69 Å². The van der Waals surface area contributed by atoms with E-state index in [2.05, 4.69) is 28.7 Å². The van der Waals surface area contributed by atoms with E-state index in [-0.39, 0.29) is 12.1 Å². The first-order valence-corrected chi connectivity index (χ1v) is 7.19. The second-order valence-electron chi connectivity index (χ2n) is 4.57. The molecule has 0 bridgehead atoms. The predicted octanol–water partition coefficient (Wildman–Crippen LogP) is 3.14. The molecule has 2 rings (SSSR count). The summed E-state index contributed by atoms with van der Waals surface area (Å²) in [6.07, 6.45) is 3.91. The van der Waals surface area contributed by atoms with Crippen molar-refractivity contribution in [3.63, 3.8) is 0 Å². The van der Waals surface area contributed by atoms with E-state index in [9.17, 15) is 9.90 Å². The molecule has 1 aliphatic heterocycles. The Morgan fingerprint density at radius 1 is 1.65 bits per heavy atom. The molecule has 1 saturated heterocycles. The van der Waals surface area contributed by atoms with Crippen LogP contribution in [0.1, 0.15) is 44.2 Å². The molecule has 2 unspecified atom stereocenters. The van der Waals surface area contributed by atoms with Crippen molar-refractivity contribution in [2.24, 2.45) is 0 Å². The molecule has 1 aromatic rings. The van der Waals surface area contributed by atoms with E-state index in [1.54, 1.807) is 11.3 Å². The summed E-state index contributed by atoms with van der Waals surface area (Å²) in [6, 6.07) is 2.09. The number of aliphatic carboxylic acids is 1. The minimum atomic E-state index is -0.668. The van der Waals surface area contributed by atoms with Gasteiger partial charge in [-0.05, 0) is 48.2 Å². The standard InChI is InChI=1S/C13H19NO2S/c1-2-11(10-6-8-17-9-10)14-7-4-3-5-12(14)13(15)16/h6,8-9,11-12H,2-5,7H2,1H3,(H,15,16). The Kier molecular flexibility index (Phi) is 4.18. The van der Waals surface area contributed by atoms with Gasteiger partial charge in [-0.1, -0.05) is 13.3 Å². The first kappa shape index (κ1) is 12.6. The van der Waals surface area contributed by atoms with Crippen molar-refractivity contribution in [3.8, 4) is 0 Å². The SMILES string of the molecule is CCC(c1ccsc1)N1CCCCC1C(=O)O. The molecule has 1 aromatic heterocycles. The molecule has 0 aromatic carbocycles. The van der Waals surface area contributed by atoms with Gasteiger partial charge in [-0.15, -0.1) is 0 Å². The van der Waals surface area contributed by atoms with Crippen molar-refractivity contribution in [2.45, 2.75) is 44.7 Å². The number of rotatable bonds is 4. The van der Waals surface area contributed by atoms with Crippen LogP contribution in [0.4, 0.5) is 0 Å². The maximum atomic E-state index is 11.3. The lowest BCUT2D eigenvalue weighted by Crippen LogP contribution is -2.46. The van der Waals surface area contributed by atoms with E-state index in [0.717, 1.165) is 32.2 Å². The summed E-state index contributed by atoms with van der Waals surface area (Å²) in [5.74, 6) is -0.668. The molecular formula is C13H19NO2S. The number of hydrogen-bond donors (Lipinski definition) is 1. The van der Waals surface area contributed by atoms with Gasteiger partial charge in [0.2, 0.25) is 0 Å². The van der Waals surface area contributed by atoms with E-state index in [1.807, 2.05) is 0 Å². The number of carbonyl (C=O) groups is 1. The molecule has 1 N–H and O–H groups in total. The smallest absolute Gasteiger partial charge is 0.320 e. The molecular weight excluding hydrogens is 234 g/mol. The molecule has 2 heterocycles. The van der Waals surface area contributed by atoms with Crippen LogP contribution in [0, 0.1) is 0 Å². The van der Waals surface area contributed by atoms with Gasteiger partial charge in [0, 0.05) is 6.04 Å². The molecule has 1 fully saturated rings. The first-order chi connectivity index (χ1) is 8.24. The molecule has 0 amide bonds. The number of carboxylic acid groups (broad SMARTS) is 1. The lowest BCUT2D eigenvalue weighted by molar-refractivity contribution is -0.146. The molecule has 0 radical (unpaired) electrons. The quantitative estimate of drug-likeness (QED) is 0.896. The molecule has 1 aliphatic rings. The van der Waals surface area contributed by atoms with E-state index >= 15 is 0 Å². The molecule has 2 atom stereocenters. The van der Waals surface area contributed by atoms with Gasteiger partial charge in [0.25, 0.3) is 0 Å². The van der Waals surface area contributed by atoms with Crippen LogP contribution in [0.25, 0.3) is 0 Å². The van der Waals surface area contributed by atoms with Crippen LogP contribution < -0.4 is 0 Å². The average Bonchev–Trinajstić information content (AvgIpc) is 2.84. The van der Waals surface area contributed by atoms with Crippen molar-refractivity contribution < 1.29 is 9.90 Å². The Bertz CT molecular complexity index is 364. The van der Waals surface area contributed by atoms with Crippen LogP contribution in [0.5, 0.6) is 0 Å². The fourth-order valence-electron chi connectivity index (χ4n) is 2.72. The number of piperidine rings is 1. The van der Waals surface area contributed by atoms with Gasteiger partial charge in [0.05, 0.1) is 0 Å².